The second-order valence-electron chi connectivity index (χ2n) is 6.24. The standard InChI is InChI=1S/C20H17ClN4O2/c1-24(10-11-25-13-22-16-4-2-3-5-18(16)25)20(26)17-12-19(27-23-17)14-6-8-15(21)9-7-14/h2-9,12-13H,10-11H2,1H3. The topological polar surface area (TPSA) is 64.2 Å². The summed E-state index contributed by atoms with van der Waals surface area (Å²) in [6, 6.07) is 16.7. The van der Waals surface area contributed by atoms with Gasteiger partial charge in [-0.1, -0.05) is 28.9 Å². The molecule has 0 aliphatic rings. The first-order valence-corrected chi connectivity index (χ1v) is 8.87. The predicted molar refractivity (Wildman–Crippen MR) is 104 cm³/mol. The molecule has 0 saturated heterocycles. The van der Waals surface area contributed by atoms with Crippen LogP contribution < -0.4 is 0 Å². The molecule has 0 radical (unpaired) electrons. The minimum Gasteiger partial charge on any atom is -0.355 e. The molecule has 0 N–H and O–H groups in total. The highest BCUT2D eigenvalue weighted by molar-refractivity contribution is 6.30. The van der Waals surface area contributed by atoms with E-state index in [9.17, 15) is 4.79 Å². The van der Waals surface area contributed by atoms with Gasteiger partial charge in [-0.2, -0.15) is 0 Å². The number of imidazole rings is 1. The van der Waals surface area contributed by atoms with Crippen molar-refractivity contribution < 1.29 is 9.32 Å². The van der Waals surface area contributed by atoms with E-state index in [0.717, 1.165) is 16.6 Å². The zero-order chi connectivity index (χ0) is 18.8. The Morgan fingerprint density at radius 1 is 1.19 bits per heavy atom. The molecular weight excluding hydrogens is 364 g/mol. The van der Waals surface area contributed by atoms with Crippen molar-refractivity contribution >= 4 is 28.5 Å². The summed E-state index contributed by atoms with van der Waals surface area (Å²) in [4.78, 5) is 18.6. The number of fused-ring (bicyclic) bond motifs is 1. The molecular formula is C20H17ClN4O2. The molecule has 0 aliphatic heterocycles. The molecule has 2 heterocycles. The molecule has 0 atom stereocenters. The molecule has 6 nitrogen and oxygen atoms in total. The van der Waals surface area contributed by atoms with Gasteiger partial charge in [0.15, 0.2) is 11.5 Å². The van der Waals surface area contributed by atoms with Crippen molar-refractivity contribution in [2.75, 3.05) is 13.6 Å². The van der Waals surface area contributed by atoms with Gasteiger partial charge in [-0.3, -0.25) is 4.79 Å². The zero-order valence-corrected chi connectivity index (χ0v) is 15.4. The fraction of sp³-hybridized carbons (Fsp3) is 0.150. The Morgan fingerprint density at radius 2 is 1.96 bits per heavy atom. The normalized spacial score (nSPS) is 11.0. The van der Waals surface area contributed by atoms with Gasteiger partial charge < -0.3 is 14.0 Å². The minimum absolute atomic E-state index is 0.191. The molecule has 0 spiro atoms. The third-order valence-corrected chi connectivity index (χ3v) is 4.66. The highest BCUT2D eigenvalue weighted by atomic mass is 35.5. The van der Waals surface area contributed by atoms with Crippen LogP contribution in [0.2, 0.25) is 5.02 Å². The quantitative estimate of drug-likeness (QED) is 0.522. The van der Waals surface area contributed by atoms with E-state index in [1.807, 2.05) is 41.0 Å². The Labute approximate surface area is 161 Å². The van der Waals surface area contributed by atoms with E-state index in [1.54, 1.807) is 36.5 Å². The number of halogens is 1. The van der Waals surface area contributed by atoms with Gasteiger partial charge in [-0.05, 0) is 36.4 Å². The molecule has 2 aromatic carbocycles. The van der Waals surface area contributed by atoms with Gasteiger partial charge in [0.1, 0.15) is 0 Å². The van der Waals surface area contributed by atoms with E-state index in [2.05, 4.69) is 10.1 Å². The van der Waals surface area contributed by atoms with Crippen LogP contribution in [-0.2, 0) is 6.54 Å². The van der Waals surface area contributed by atoms with E-state index in [-0.39, 0.29) is 11.6 Å². The number of para-hydroxylation sites is 2. The summed E-state index contributed by atoms with van der Waals surface area (Å²) >= 11 is 5.90. The van der Waals surface area contributed by atoms with E-state index < -0.39 is 0 Å². The van der Waals surface area contributed by atoms with Gasteiger partial charge in [0.05, 0.1) is 17.4 Å². The summed E-state index contributed by atoms with van der Waals surface area (Å²) in [5.41, 5.74) is 3.08. The summed E-state index contributed by atoms with van der Waals surface area (Å²) in [7, 11) is 1.75. The van der Waals surface area contributed by atoms with E-state index in [0.29, 0.717) is 23.9 Å². The summed E-state index contributed by atoms with van der Waals surface area (Å²) < 4.78 is 7.34. The fourth-order valence-corrected chi connectivity index (χ4v) is 3.00. The first-order chi connectivity index (χ1) is 13.1. The second-order valence-corrected chi connectivity index (χ2v) is 6.67. The maximum absolute atomic E-state index is 12.6. The van der Waals surface area contributed by atoms with Crippen LogP contribution >= 0.6 is 11.6 Å². The fourth-order valence-electron chi connectivity index (χ4n) is 2.87. The van der Waals surface area contributed by atoms with Crippen molar-refractivity contribution in [2.24, 2.45) is 0 Å². The van der Waals surface area contributed by atoms with Crippen molar-refractivity contribution in [2.45, 2.75) is 6.54 Å². The van der Waals surface area contributed by atoms with Crippen LogP contribution in [0.15, 0.2) is 65.4 Å². The number of rotatable bonds is 5. The maximum atomic E-state index is 12.6. The third kappa shape index (κ3) is 3.57. The number of aromatic nitrogens is 3. The molecule has 27 heavy (non-hydrogen) atoms. The Bertz CT molecular complexity index is 1080. The van der Waals surface area contributed by atoms with Crippen LogP contribution in [0.1, 0.15) is 10.5 Å². The van der Waals surface area contributed by atoms with Gasteiger partial charge >= 0.3 is 0 Å². The van der Waals surface area contributed by atoms with Gasteiger partial charge in [-0.15, -0.1) is 0 Å². The van der Waals surface area contributed by atoms with Crippen molar-refractivity contribution in [1.82, 2.24) is 19.6 Å². The van der Waals surface area contributed by atoms with E-state index in [1.165, 1.54) is 0 Å². The molecule has 4 aromatic rings. The number of amides is 1. The number of benzene rings is 2. The average molecular weight is 381 g/mol. The maximum Gasteiger partial charge on any atom is 0.275 e. The number of hydrogen-bond acceptors (Lipinski definition) is 4. The van der Waals surface area contributed by atoms with Gasteiger partial charge in [0, 0.05) is 36.8 Å². The van der Waals surface area contributed by atoms with Crippen LogP contribution in [-0.4, -0.2) is 39.1 Å². The SMILES string of the molecule is CN(CCn1cnc2ccccc21)C(=O)c1cc(-c2ccc(Cl)cc2)on1. The largest absolute Gasteiger partial charge is 0.355 e. The molecule has 136 valence electrons. The molecule has 1 amide bonds. The first-order valence-electron chi connectivity index (χ1n) is 8.50. The summed E-state index contributed by atoms with van der Waals surface area (Å²) in [5, 5.41) is 4.55. The smallest absolute Gasteiger partial charge is 0.275 e. The van der Waals surface area contributed by atoms with Crippen molar-refractivity contribution in [3.63, 3.8) is 0 Å². The Balaban J connectivity index is 1.44. The van der Waals surface area contributed by atoms with Crippen LogP contribution in [0, 0.1) is 0 Å². The Morgan fingerprint density at radius 3 is 2.78 bits per heavy atom. The molecule has 0 fully saturated rings. The van der Waals surface area contributed by atoms with E-state index >= 15 is 0 Å². The summed E-state index contributed by atoms with van der Waals surface area (Å²) in [6.45, 7) is 1.17. The number of nitrogens with zero attached hydrogens (tertiary/aromatic N) is 4. The first kappa shape index (κ1) is 17.3. The lowest BCUT2D eigenvalue weighted by Crippen LogP contribution is -2.30. The van der Waals surface area contributed by atoms with Gasteiger partial charge in [0.25, 0.3) is 5.91 Å². The van der Waals surface area contributed by atoms with Crippen molar-refractivity contribution in [1.29, 1.82) is 0 Å². The lowest BCUT2D eigenvalue weighted by atomic mass is 10.1. The molecule has 0 unspecified atom stereocenters. The Kier molecular flexibility index (Phi) is 4.64. The minimum atomic E-state index is -0.191. The summed E-state index contributed by atoms with van der Waals surface area (Å²) in [6.07, 6.45) is 1.79. The van der Waals surface area contributed by atoms with Crippen LogP contribution in [0.5, 0.6) is 0 Å². The van der Waals surface area contributed by atoms with Crippen molar-refractivity contribution in [3.8, 4) is 11.3 Å². The second kappa shape index (κ2) is 7.25. The lowest BCUT2D eigenvalue weighted by molar-refractivity contribution is 0.0780. The number of hydrogen-bond donors (Lipinski definition) is 0. The molecule has 0 saturated carbocycles. The van der Waals surface area contributed by atoms with Crippen LogP contribution in [0.3, 0.4) is 0 Å². The predicted octanol–water partition coefficient (Wildman–Crippen LogP) is 4.12. The highest BCUT2D eigenvalue weighted by Crippen LogP contribution is 2.22. The molecule has 4 rings (SSSR count). The summed E-state index contributed by atoms with van der Waals surface area (Å²) in [5.74, 6) is 0.340. The van der Waals surface area contributed by atoms with Crippen molar-refractivity contribution in [3.05, 3.63) is 71.6 Å². The third-order valence-electron chi connectivity index (χ3n) is 4.41. The van der Waals surface area contributed by atoms with Crippen LogP contribution in [0.25, 0.3) is 22.4 Å². The lowest BCUT2D eigenvalue weighted by Gasteiger charge is -2.16. The monoisotopic (exact) mass is 380 g/mol. The average Bonchev–Trinajstić information content (AvgIpc) is 3.33. The van der Waals surface area contributed by atoms with Crippen LogP contribution in [0.4, 0.5) is 0 Å². The van der Waals surface area contributed by atoms with Gasteiger partial charge in [0.2, 0.25) is 0 Å². The Hall–Kier alpha value is -3.12. The zero-order valence-electron chi connectivity index (χ0n) is 14.7. The molecule has 0 bridgehead atoms. The molecule has 0 aliphatic carbocycles. The number of carbonyl (C=O) groups is 1. The molecule has 2 aromatic heterocycles. The highest BCUT2D eigenvalue weighted by Gasteiger charge is 2.18. The molecule has 7 heteroatoms. The van der Waals surface area contributed by atoms with Gasteiger partial charge in [-0.25, -0.2) is 4.98 Å². The van der Waals surface area contributed by atoms with E-state index in [4.69, 9.17) is 16.1 Å². The number of carbonyl (C=O) groups excluding carboxylic acids is 1. The number of likely N-dealkylation sites (N-methyl/N-ethyl adjacent to an activating group) is 1.